The van der Waals surface area contributed by atoms with E-state index in [1.54, 1.807) is 6.26 Å². The molecule has 2 fully saturated rings. The van der Waals surface area contributed by atoms with Crippen LogP contribution < -0.4 is 10.6 Å². The molecule has 2 N–H and O–H groups in total. The number of rotatable bonds is 7. The highest BCUT2D eigenvalue weighted by molar-refractivity contribution is 14.0. The molecule has 1 aliphatic carbocycles. The summed E-state index contributed by atoms with van der Waals surface area (Å²) in [5.41, 5.74) is 0.214. The fourth-order valence-corrected chi connectivity index (χ4v) is 4.15. The lowest BCUT2D eigenvalue weighted by Crippen LogP contribution is -2.56. The molecule has 1 saturated carbocycles. The largest absolute Gasteiger partial charge is 0.469 e. The number of guanidine groups is 1. The van der Waals surface area contributed by atoms with Crippen LogP contribution >= 0.6 is 24.0 Å². The maximum atomic E-state index is 5.58. The van der Waals surface area contributed by atoms with Crippen molar-refractivity contribution in [1.29, 1.82) is 0 Å². The first-order chi connectivity index (χ1) is 12.8. The lowest BCUT2D eigenvalue weighted by atomic mass is 9.80. The summed E-state index contributed by atoms with van der Waals surface area (Å²) in [6, 6.07) is 3.95. The SMILES string of the molecule is CCNC(=NCC1(N2CCOCC2)CCCCC1)NCCc1ccco1.I. The van der Waals surface area contributed by atoms with Gasteiger partial charge in [0, 0.05) is 38.1 Å². The molecular formula is C20H35IN4O2. The molecule has 2 aliphatic rings. The second-order valence-corrected chi connectivity index (χ2v) is 7.34. The summed E-state index contributed by atoms with van der Waals surface area (Å²) >= 11 is 0. The van der Waals surface area contributed by atoms with Gasteiger partial charge in [0.15, 0.2) is 5.96 Å². The predicted octanol–water partition coefficient (Wildman–Crippen LogP) is 3.03. The molecule has 0 radical (unpaired) electrons. The summed E-state index contributed by atoms with van der Waals surface area (Å²) < 4.78 is 11.0. The van der Waals surface area contributed by atoms with Gasteiger partial charge in [0.2, 0.25) is 0 Å². The van der Waals surface area contributed by atoms with Crippen LogP contribution in [0.25, 0.3) is 0 Å². The lowest BCUT2D eigenvalue weighted by Gasteiger charge is -2.47. The van der Waals surface area contributed by atoms with Crippen molar-refractivity contribution in [2.45, 2.75) is 51.0 Å². The van der Waals surface area contributed by atoms with Gasteiger partial charge in [-0.1, -0.05) is 19.3 Å². The molecular weight excluding hydrogens is 455 g/mol. The highest BCUT2D eigenvalue weighted by Crippen LogP contribution is 2.34. The molecule has 3 rings (SSSR count). The van der Waals surface area contributed by atoms with E-state index in [-0.39, 0.29) is 29.5 Å². The van der Waals surface area contributed by atoms with E-state index in [4.69, 9.17) is 14.1 Å². The van der Waals surface area contributed by atoms with E-state index in [2.05, 4.69) is 22.5 Å². The van der Waals surface area contributed by atoms with Gasteiger partial charge in [-0.2, -0.15) is 0 Å². The Labute approximate surface area is 180 Å². The van der Waals surface area contributed by atoms with Crippen molar-refractivity contribution in [3.8, 4) is 0 Å². The number of hydrogen-bond donors (Lipinski definition) is 2. The minimum atomic E-state index is 0. The van der Waals surface area contributed by atoms with Crippen LogP contribution in [0.2, 0.25) is 0 Å². The van der Waals surface area contributed by atoms with E-state index < -0.39 is 0 Å². The molecule has 0 aromatic carbocycles. The van der Waals surface area contributed by atoms with Gasteiger partial charge in [-0.3, -0.25) is 9.89 Å². The monoisotopic (exact) mass is 490 g/mol. The Bertz CT molecular complexity index is 538. The van der Waals surface area contributed by atoms with Gasteiger partial charge in [0.05, 0.1) is 26.0 Å². The number of aliphatic imine (C=N–C) groups is 1. The molecule has 1 aliphatic heterocycles. The molecule has 1 aromatic rings. The van der Waals surface area contributed by atoms with Crippen molar-refractivity contribution >= 4 is 29.9 Å². The molecule has 2 heterocycles. The van der Waals surface area contributed by atoms with Gasteiger partial charge in [-0.15, -0.1) is 24.0 Å². The maximum absolute atomic E-state index is 5.58. The zero-order valence-corrected chi connectivity index (χ0v) is 18.9. The fraction of sp³-hybridized carbons (Fsp3) is 0.750. The average Bonchev–Trinajstić information content (AvgIpc) is 3.21. The highest BCUT2D eigenvalue weighted by Gasteiger charge is 2.38. The quantitative estimate of drug-likeness (QED) is 0.350. The Balaban J connectivity index is 0.00000261. The summed E-state index contributed by atoms with van der Waals surface area (Å²) in [6.45, 7) is 8.46. The van der Waals surface area contributed by atoms with Gasteiger partial charge < -0.3 is 19.8 Å². The minimum Gasteiger partial charge on any atom is -0.469 e. The van der Waals surface area contributed by atoms with Crippen molar-refractivity contribution in [2.24, 2.45) is 4.99 Å². The smallest absolute Gasteiger partial charge is 0.191 e. The molecule has 6 nitrogen and oxygen atoms in total. The summed E-state index contributed by atoms with van der Waals surface area (Å²) in [5.74, 6) is 1.92. The van der Waals surface area contributed by atoms with Crippen LogP contribution in [0.4, 0.5) is 0 Å². The van der Waals surface area contributed by atoms with Crippen molar-refractivity contribution in [2.75, 3.05) is 45.9 Å². The second kappa shape index (κ2) is 11.9. The predicted molar refractivity (Wildman–Crippen MR) is 120 cm³/mol. The Kier molecular flexibility index (Phi) is 9.92. The van der Waals surface area contributed by atoms with E-state index in [1.165, 1.54) is 32.1 Å². The molecule has 1 saturated heterocycles. The normalized spacial score (nSPS) is 20.7. The first-order valence-corrected chi connectivity index (χ1v) is 10.2. The van der Waals surface area contributed by atoms with Crippen molar-refractivity contribution in [3.63, 3.8) is 0 Å². The third-order valence-corrected chi connectivity index (χ3v) is 5.59. The lowest BCUT2D eigenvalue weighted by molar-refractivity contribution is -0.0333. The minimum absolute atomic E-state index is 0. The maximum Gasteiger partial charge on any atom is 0.191 e. The zero-order valence-electron chi connectivity index (χ0n) is 16.5. The third kappa shape index (κ3) is 6.64. The van der Waals surface area contributed by atoms with E-state index >= 15 is 0 Å². The summed E-state index contributed by atoms with van der Waals surface area (Å²) in [5, 5.41) is 6.84. The van der Waals surface area contributed by atoms with E-state index in [0.717, 1.165) is 64.1 Å². The van der Waals surface area contributed by atoms with Crippen LogP contribution in [0.3, 0.4) is 0 Å². The Morgan fingerprint density at radius 1 is 1.19 bits per heavy atom. The summed E-state index contributed by atoms with van der Waals surface area (Å²) in [4.78, 5) is 7.63. The van der Waals surface area contributed by atoms with Gasteiger partial charge in [0.1, 0.15) is 5.76 Å². The molecule has 154 valence electrons. The van der Waals surface area contributed by atoms with Crippen LogP contribution in [0.1, 0.15) is 44.8 Å². The number of ether oxygens (including phenoxy) is 1. The molecule has 0 amide bonds. The molecule has 0 atom stereocenters. The van der Waals surface area contributed by atoms with Crippen LogP contribution in [-0.4, -0.2) is 62.3 Å². The Hall–Kier alpha value is -0.800. The number of halogens is 1. The van der Waals surface area contributed by atoms with E-state index in [9.17, 15) is 0 Å². The van der Waals surface area contributed by atoms with Gasteiger partial charge in [0.25, 0.3) is 0 Å². The standard InChI is InChI=1S/C20H34N4O2.HI/c1-2-21-19(22-11-8-18-7-6-14-26-18)23-17-20(9-4-3-5-10-20)24-12-15-25-16-13-24;/h6-7,14H,2-5,8-13,15-17H2,1H3,(H2,21,22,23);1H. The van der Waals surface area contributed by atoms with Gasteiger partial charge >= 0.3 is 0 Å². The summed E-state index contributed by atoms with van der Waals surface area (Å²) in [6.07, 6.45) is 9.09. The number of morpholine rings is 1. The van der Waals surface area contributed by atoms with E-state index in [0.29, 0.717) is 0 Å². The zero-order chi connectivity index (χ0) is 18.1. The molecule has 0 spiro atoms. The summed E-state index contributed by atoms with van der Waals surface area (Å²) in [7, 11) is 0. The van der Waals surface area contributed by atoms with Crippen LogP contribution in [0.5, 0.6) is 0 Å². The van der Waals surface area contributed by atoms with Crippen molar-refractivity contribution in [1.82, 2.24) is 15.5 Å². The average molecular weight is 490 g/mol. The van der Waals surface area contributed by atoms with E-state index in [1.807, 2.05) is 12.1 Å². The number of nitrogens with zero attached hydrogens (tertiary/aromatic N) is 2. The highest BCUT2D eigenvalue weighted by atomic mass is 127. The number of nitrogens with one attached hydrogen (secondary N) is 2. The second-order valence-electron chi connectivity index (χ2n) is 7.34. The van der Waals surface area contributed by atoms with Crippen molar-refractivity contribution in [3.05, 3.63) is 24.2 Å². The van der Waals surface area contributed by atoms with Gasteiger partial charge in [-0.25, -0.2) is 0 Å². The van der Waals surface area contributed by atoms with Crippen LogP contribution in [-0.2, 0) is 11.2 Å². The number of hydrogen-bond acceptors (Lipinski definition) is 4. The fourth-order valence-electron chi connectivity index (χ4n) is 4.15. The van der Waals surface area contributed by atoms with Crippen LogP contribution in [0, 0.1) is 0 Å². The Morgan fingerprint density at radius 3 is 2.63 bits per heavy atom. The third-order valence-electron chi connectivity index (χ3n) is 5.59. The van der Waals surface area contributed by atoms with Gasteiger partial charge in [-0.05, 0) is 31.9 Å². The first kappa shape index (κ1) is 22.5. The topological polar surface area (TPSA) is 62.0 Å². The molecule has 0 unspecified atom stereocenters. The Morgan fingerprint density at radius 2 is 1.96 bits per heavy atom. The molecule has 7 heteroatoms. The van der Waals surface area contributed by atoms with Crippen molar-refractivity contribution < 1.29 is 9.15 Å². The molecule has 0 bridgehead atoms. The van der Waals surface area contributed by atoms with Crippen LogP contribution in [0.15, 0.2) is 27.8 Å². The number of furan rings is 1. The first-order valence-electron chi connectivity index (χ1n) is 10.2. The molecule has 1 aromatic heterocycles. The molecule has 27 heavy (non-hydrogen) atoms.